The van der Waals surface area contributed by atoms with Crippen LogP contribution in [0.2, 0.25) is 0 Å². The molecule has 0 N–H and O–H groups in total. The van der Waals surface area contributed by atoms with Crippen molar-refractivity contribution in [1.82, 2.24) is 24.3 Å². The Balaban J connectivity index is 1.61. The summed E-state index contributed by atoms with van der Waals surface area (Å²) in [7, 11) is -3.98. The van der Waals surface area contributed by atoms with Crippen LogP contribution in [0.15, 0.2) is 75.0 Å². The number of ether oxygens (including phenoxy) is 1. The van der Waals surface area contributed by atoms with Crippen LogP contribution in [0.5, 0.6) is 5.75 Å². The fourth-order valence-electron chi connectivity index (χ4n) is 3.66. The van der Waals surface area contributed by atoms with Crippen LogP contribution in [-0.2, 0) is 9.84 Å². The summed E-state index contributed by atoms with van der Waals surface area (Å²) in [5.74, 6) is -2.52. The second-order valence-electron chi connectivity index (χ2n) is 8.36. The fraction of sp³-hybridized carbons (Fsp3) is 0.167. The molecule has 0 unspecified atom stereocenters. The van der Waals surface area contributed by atoms with Crippen LogP contribution >= 0.6 is 0 Å². The summed E-state index contributed by atoms with van der Waals surface area (Å²) in [6.07, 6.45) is -10.4. The lowest BCUT2D eigenvalue weighted by atomic mass is 10.3. The van der Waals surface area contributed by atoms with Crippen LogP contribution in [0.1, 0.15) is 6.92 Å². The summed E-state index contributed by atoms with van der Waals surface area (Å²) in [5, 5.41) is 3.95. The number of oxazole rings is 1. The van der Waals surface area contributed by atoms with Crippen molar-refractivity contribution < 1.29 is 43.9 Å². The van der Waals surface area contributed by atoms with Gasteiger partial charge in [-0.05, 0) is 42.5 Å². The van der Waals surface area contributed by atoms with Gasteiger partial charge in [0.05, 0.1) is 16.3 Å². The molecule has 2 aromatic carbocycles. The van der Waals surface area contributed by atoms with E-state index in [-0.39, 0.29) is 33.3 Å². The molecule has 0 fully saturated rings. The molecule has 0 aliphatic heterocycles. The molecule has 41 heavy (non-hydrogen) atoms. The Kier molecular flexibility index (Phi) is 6.63. The maximum absolute atomic E-state index is 13.7. The second-order valence-corrected chi connectivity index (χ2v) is 10.6. The predicted octanol–water partition coefficient (Wildman–Crippen LogP) is 4.69. The number of sulfone groups is 1. The Morgan fingerprint density at radius 2 is 1.76 bits per heavy atom. The zero-order valence-corrected chi connectivity index (χ0v) is 21.3. The minimum absolute atomic E-state index is 0.123. The number of fused-ring (bicyclic) bond motifs is 1. The molecule has 214 valence electrons. The lowest BCUT2D eigenvalue weighted by molar-refractivity contribution is -0.360. The highest BCUT2D eigenvalue weighted by atomic mass is 32.2. The third-order valence-corrected chi connectivity index (χ3v) is 7.43. The van der Waals surface area contributed by atoms with E-state index in [9.17, 15) is 39.6 Å². The molecule has 0 aliphatic carbocycles. The first-order valence-electron chi connectivity index (χ1n) is 11.4. The fourth-order valence-corrected chi connectivity index (χ4v) is 4.67. The van der Waals surface area contributed by atoms with Gasteiger partial charge in [-0.2, -0.15) is 31.7 Å². The van der Waals surface area contributed by atoms with Crippen molar-refractivity contribution in [3.8, 4) is 28.8 Å². The SMILES string of the molecule is CCS(=O)(=O)c1ccc(-n2ncn(-c3cccc(F)c3)c2=O)nc1-c1nc2cc(OC(F)(F)C(F)(F)F)ccc2o1. The summed E-state index contributed by atoms with van der Waals surface area (Å²) < 4.78 is 115. The Morgan fingerprint density at radius 1 is 1.00 bits per heavy atom. The maximum Gasteiger partial charge on any atom is 0.499 e. The number of aromatic nitrogens is 5. The van der Waals surface area contributed by atoms with E-state index >= 15 is 0 Å². The van der Waals surface area contributed by atoms with Gasteiger partial charge in [0.1, 0.15) is 29.1 Å². The van der Waals surface area contributed by atoms with E-state index in [2.05, 4.69) is 19.8 Å². The highest BCUT2D eigenvalue weighted by Crippen LogP contribution is 2.38. The molecule has 0 radical (unpaired) electrons. The largest absolute Gasteiger partial charge is 0.499 e. The van der Waals surface area contributed by atoms with Gasteiger partial charge in [0.2, 0.25) is 5.89 Å². The summed E-state index contributed by atoms with van der Waals surface area (Å²) in [6.45, 7) is 1.36. The quantitative estimate of drug-likeness (QED) is 0.247. The van der Waals surface area contributed by atoms with Crippen molar-refractivity contribution in [3.63, 3.8) is 0 Å². The van der Waals surface area contributed by atoms with E-state index in [0.717, 1.165) is 45.9 Å². The Morgan fingerprint density at radius 3 is 2.44 bits per heavy atom. The number of rotatable bonds is 7. The minimum atomic E-state index is -5.98. The molecule has 0 bridgehead atoms. The van der Waals surface area contributed by atoms with Gasteiger partial charge in [0.15, 0.2) is 21.2 Å². The van der Waals surface area contributed by atoms with Crippen molar-refractivity contribution in [2.45, 2.75) is 24.1 Å². The number of pyridine rings is 1. The Bertz CT molecular complexity index is 1950. The van der Waals surface area contributed by atoms with Crippen molar-refractivity contribution in [3.05, 3.63) is 77.2 Å². The minimum Gasteiger partial charge on any atom is -0.435 e. The van der Waals surface area contributed by atoms with Gasteiger partial charge in [0, 0.05) is 6.07 Å². The van der Waals surface area contributed by atoms with Crippen molar-refractivity contribution in [1.29, 1.82) is 0 Å². The molecule has 5 rings (SSSR count). The van der Waals surface area contributed by atoms with Gasteiger partial charge < -0.3 is 9.15 Å². The van der Waals surface area contributed by atoms with Gasteiger partial charge in [-0.25, -0.2) is 32.1 Å². The number of alkyl halides is 5. The molecule has 0 saturated carbocycles. The van der Waals surface area contributed by atoms with Crippen molar-refractivity contribution >= 4 is 20.9 Å². The lowest BCUT2D eigenvalue weighted by Gasteiger charge is -2.19. The van der Waals surface area contributed by atoms with Crippen LogP contribution in [-0.4, -0.2) is 50.8 Å². The van der Waals surface area contributed by atoms with E-state index in [1.165, 1.54) is 31.2 Å². The van der Waals surface area contributed by atoms with Gasteiger partial charge in [-0.15, -0.1) is 0 Å². The predicted molar refractivity (Wildman–Crippen MR) is 129 cm³/mol. The smallest absolute Gasteiger partial charge is 0.435 e. The molecule has 0 spiro atoms. The number of hydrogen-bond acceptors (Lipinski definition) is 8. The summed E-state index contributed by atoms with van der Waals surface area (Å²) in [6, 6.07) is 9.92. The van der Waals surface area contributed by atoms with Gasteiger partial charge in [-0.3, -0.25) is 0 Å². The van der Waals surface area contributed by atoms with Crippen LogP contribution in [0.3, 0.4) is 0 Å². The molecule has 3 heterocycles. The third kappa shape index (κ3) is 5.15. The summed E-state index contributed by atoms with van der Waals surface area (Å²) >= 11 is 0. The molecule has 17 heteroatoms. The van der Waals surface area contributed by atoms with Crippen LogP contribution in [0, 0.1) is 5.82 Å². The highest BCUT2D eigenvalue weighted by Gasteiger charge is 2.61. The molecule has 3 aromatic heterocycles. The molecular formula is C24H15F6N5O5S. The van der Waals surface area contributed by atoms with Crippen LogP contribution in [0.4, 0.5) is 26.3 Å². The van der Waals surface area contributed by atoms with Gasteiger partial charge in [0.25, 0.3) is 0 Å². The standard InChI is InChI=1S/C24H15F6N5O5S/c1-2-41(37,38)18-8-9-19(35-22(36)34(12-31-35)14-5-3-4-13(25)10-14)33-20(18)21-32-16-11-15(6-7-17(16)39-21)40-24(29,30)23(26,27)28/h3-12H,2H2,1H3. The second kappa shape index (κ2) is 9.76. The third-order valence-electron chi connectivity index (χ3n) is 5.67. The van der Waals surface area contributed by atoms with E-state index in [0.29, 0.717) is 0 Å². The number of benzene rings is 2. The zero-order valence-electron chi connectivity index (χ0n) is 20.4. The van der Waals surface area contributed by atoms with Gasteiger partial charge in [-0.1, -0.05) is 13.0 Å². The summed E-state index contributed by atoms with van der Waals surface area (Å²) in [5.41, 5.74) is -1.40. The Hall–Kier alpha value is -4.67. The van der Waals surface area contributed by atoms with E-state index < -0.39 is 51.0 Å². The van der Waals surface area contributed by atoms with E-state index in [4.69, 9.17) is 4.42 Å². The van der Waals surface area contributed by atoms with Crippen molar-refractivity contribution in [2.75, 3.05) is 5.75 Å². The van der Waals surface area contributed by atoms with Crippen molar-refractivity contribution in [2.24, 2.45) is 0 Å². The lowest BCUT2D eigenvalue weighted by Crippen LogP contribution is -2.41. The van der Waals surface area contributed by atoms with Crippen LogP contribution in [0.25, 0.3) is 34.2 Å². The van der Waals surface area contributed by atoms with Crippen LogP contribution < -0.4 is 10.4 Å². The topological polar surface area (TPSA) is 122 Å². The van der Waals surface area contributed by atoms with E-state index in [1.807, 2.05) is 0 Å². The molecule has 0 aliphatic rings. The first-order valence-corrected chi connectivity index (χ1v) is 13.1. The highest BCUT2D eigenvalue weighted by molar-refractivity contribution is 7.91. The summed E-state index contributed by atoms with van der Waals surface area (Å²) in [4.78, 5) is 20.9. The van der Waals surface area contributed by atoms with E-state index in [1.54, 1.807) is 0 Å². The molecule has 5 aromatic rings. The Labute approximate surface area is 225 Å². The molecule has 10 nitrogen and oxygen atoms in total. The molecule has 0 amide bonds. The first kappa shape index (κ1) is 27.9. The maximum atomic E-state index is 13.7. The van der Waals surface area contributed by atoms with Gasteiger partial charge >= 0.3 is 18.0 Å². The zero-order chi connectivity index (χ0) is 29.7. The number of nitrogens with zero attached hydrogens (tertiary/aromatic N) is 5. The number of halogens is 6. The normalized spacial score (nSPS) is 12.7. The molecule has 0 atom stereocenters. The first-order chi connectivity index (χ1) is 19.2. The average molecular weight is 599 g/mol. The number of hydrogen-bond donors (Lipinski definition) is 0. The monoisotopic (exact) mass is 599 g/mol. The average Bonchev–Trinajstić information content (AvgIpc) is 3.50. The molecule has 0 saturated heterocycles. The molecular weight excluding hydrogens is 584 g/mol.